The summed E-state index contributed by atoms with van der Waals surface area (Å²) in [5.41, 5.74) is 3.66. The quantitative estimate of drug-likeness (QED) is 0.585. The number of benzene rings is 2. The number of carbonyl (C=O) groups is 1. The Hall–Kier alpha value is -2.82. The van der Waals surface area contributed by atoms with Crippen LogP contribution in [0.15, 0.2) is 59.6 Å². The van der Waals surface area contributed by atoms with E-state index in [-0.39, 0.29) is 12.5 Å². The van der Waals surface area contributed by atoms with Crippen LogP contribution in [0.5, 0.6) is 0 Å². The lowest BCUT2D eigenvalue weighted by atomic mass is 10.0. The Morgan fingerprint density at radius 2 is 1.70 bits per heavy atom. The molecule has 0 saturated heterocycles. The standard InChI is InChI=1S/C22H30N4O/c1-17-10-12-20(13-11-17)18(2)14-23-22(25-16-21(27)26(3)4)24-15-19-8-6-5-7-9-19/h5-13,18H,14-16H2,1-4H3,(H2,23,24,25). The molecule has 5 nitrogen and oxygen atoms in total. The van der Waals surface area contributed by atoms with E-state index in [0.717, 1.165) is 12.1 Å². The Morgan fingerprint density at radius 1 is 1.04 bits per heavy atom. The average Bonchev–Trinajstić information content (AvgIpc) is 2.68. The van der Waals surface area contributed by atoms with Crippen molar-refractivity contribution in [1.82, 2.24) is 15.5 Å². The van der Waals surface area contributed by atoms with Crippen LogP contribution in [-0.4, -0.2) is 44.0 Å². The monoisotopic (exact) mass is 366 g/mol. The third kappa shape index (κ3) is 7.13. The van der Waals surface area contributed by atoms with Crippen molar-refractivity contribution in [3.8, 4) is 0 Å². The van der Waals surface area contributed by atoms with E-state index in [4.69, 9.17) is 0 Å². The number of rotatable bonds is 7. The van der Waals surface area contributed by atoms with Gasteiger partial charge in [0, 0.05) is 20.6 Å². The lowest BCUT2D eigenvalue weighted by Crippen LogP contribution is -2.43. The van der Waals surface area contributed by atoms with Crippen molar-refractivity contribution in [3.63, 3.8) is 0 Å². The van der Waals surface area contributed by atoms with E-state index >= 15 is 0 Å². The first kappa shape index (κ1) is 20.5. The van der Waals surface area contributed by atoms with Crippen molar-refractivity contribution in [2.75, 3.05) is 27.2 Å². The molecule has 2 rings (SSSR count). The molecule has 27 heavy (non-hydrogen) atoms. The fourth-order valence-electron chi connectivity index (χ4n) is 2.51. The summed E-state index contributed by atoms with van der Waals surface area (Å²) in [4.78, 5) is 18.1. The van der Waals surface area contributed by atoms with Crippen LogP contribution in [0.2, 0.25) is 0 Å². The number of carbonyl (C=O) groups excluding carboxylic acids is 1. The summed E-state index contributed by atoms with van der Waals surface area (Å²) in [6.45, 7) is 5.78. The van der Waals surface area contributed by atoms with Gasteiger partial charge in [-0.05, 0) is 24.0 Å². The topological polar surface area (TPSA) is 56.7 Å². The second-order valence-electron chi connectivity index (χ2n) is 6.98. The molecule has 0 aliphatic heterocycles. The van der Waals surface area contributed by atoms with Crippen LogP contribution in [-0.2, 0) is 11.3 Å². The molecule has 1 amide bonds. The molecule has 0 aliphatic rings. The third-order valence-electron chi connectivity index (χ3n) is 4.39. The predicted molar refractivity (Wildman–Crippen MR) is 112 cm³/mol. The van der Waals surface area contributed by atoms with Crippen LogP contribution >= 0.6 is 0 Å². The highest BCUT2D eigenvalue weighted by Gasteiger charge is 2.09. The Balaban J connectivity index is 1.99. The maximum Gasteiger partial charge on any atom is 0.241 e. The van der Waals surface area contributed by atoms with Gasteiger partial charge in [-0.1, -0.05) is 67.1 Å². The molecule has 1 atom stereocenters. The molecule has 0 aliphatic carbocycles. The van der Waals surface area contributed by atoms with Crippen molar-refractivity contribution in [2.24, 2.45) is 4.99 Å². The number of nitrogens with one attached hydrogen (secondary N) is 2. The molecule has 2 aromatic rings. The fourth-order valence-corrected chi connectivity index (χ4v) is 2.51. The minimum Gasteiger partial charge on any atom is -0.356 e. The van der Waals surface area contributed by atoms with Gasteiger partial charge in [-0.15, -0.1) is 0 Å². The molecule has 2 N–H and O–H groups in total. The second-order valence-corrected chi connectivity index (χ2v) is 6.98. The highest BCUT2D eigenvalue weighted by atomic mass is 16.2. The highest BCUT2D eigenvalue weighted by molar-refractivity contribution is 5.86. The van der Waals surface area contributed by atoms with Gasteiger partial charge in [-0.3, -0.25) is 4.79 Å². The summed E-state index contributed by atoms with van der Waals surface area (Å²) in [5, 5.41) is 6.50. The molecule has 2 aromatic carbocycles. The molecule has 0 spiro atoms. The van der Waals surface area contributed by atoms with Crippen molar-refractivity contribution < 1.29 is 4.79 Å². The number of nitrogens with zero attached hydrogens (tertiary/aromatic N) is 2. The van der Waals surface area contributed by atoms with Crippen LogP contribution in [0.3, 0.4) is 0 Å². The summed E-state index contributed by atoms with van der Waals surface area (Å²) in [5.74, 6) is 0.989. The first-order valence-corrected chi connectivity index (χ1v) is 9.28. The largest absolute Gasteiger partial charge is 0.356 e. The number of guanidine groups is 1. The number of likely N-dealkylation sites (N-methyl/N-ethyl adjacent to an activating group) is 1. The van der Waals surface area contributed by atoms with Crippen molar-refractivity contribution in [2.45, 2.75) is 26.3 Å². The molecule has 0 aromatic heterocycles. The van der Waals surface area contributed by atoms with Crippen molar-refractivity contribution >= 4 is 11.9 Å². The van der Waals surface area contributed by atoms with E-state index in [2.05, 4.69) is 53.7 Å². The van der Waals surface area contributed by atoms with Gasteiger partial charge in [0.25, 0.3) is 0 Å². The number of hydrogen-bond donors (Lipinski definition) is 2. The number of amides is 1. The molecular weight excluding hydrogens is 336 g/mol. The zero-order valence-corrected chi connectivity index (χ0v) is 16.7. The summed E-state index contributed by atoms with van der Waals surface area (Å²) in [7, 11) is 3.50. The van der Waals surface area contributed by atoms with E-state index in [1.54, 1.807) is 19.0 Å². The second kappa shape index (κ2) is 10.4. The Kier molecular flexibility index (Phi) is 7.86. The molecule has 144 valence electrons. The van der Waals surface area contributed by atoms with E-state index in [1.165, 1.54) is 11.1 Å². The Morgan fingerprint density at radius 3 is 2.33 bits per heavy atom. The van der Waals surface area contributed by atoms with Crippen LogP contribution in [0.25, 0.3) is 0 Å². The van der Waals surface area contributed by atoms with Gasteiger partial charge < -0.3 is 15.5 Å². The van der Waals surface area contributed by atoms with E-state index in [1.807, 2.05) is 30.3 Å². The zero-order chi connectivity index (χ0) is 19.6. The Labute approximate surface area is 162 Å². The lowest BCUT2D eigenvalue weighted by molar-refractivity contribution is -0.127. The van der Waals surface area contributed by atoms with Gasteiger partial charge in [0.1, 0.15) is 0 Å². The van der Waals surface area contributed by atoms with Crippen LogP contribution < -0.4 is 10.6 Å². The molecule has 0 saturated carbocycles. The molecular formula is C22H30N4O. The van der Waals surface area contributed by atoms with Crippen molar-refractivity contribution in [3.05, 3.63) is 71.3 Å². The van der Waals surface area contributed by atoms with Crippen LogP contribution in [0.4, 0.5) is 0 Å². The average molecular weight is 367 g/mol. The van der Waals surface area contributed by atoms with Crippen LogP contribution in [0, 0.1) is 6.92 Å². The number of hydrogen-bond acceptors (Lipinski definition) is 2. The van der Waals surface area contributed by atoms with Crippen LogP contribution in [0.1, 0.15) is 29.5 Å². The van der Waals surface area contributed by atoms with E-state index in [9.17, 15) is 4.79 Å². The molecule has 0 bridgehead atoms. The number of aliphatic imine (C=N–C) groups is 1. The highest BCUT2D eigenvalue weighted by Crippen LogP contribution is 2.14. The zero-order valence-electron chi connectivity index (χ0n) is 16.7. The van der Waals surface area contributed by atoms with Gasteiger partial charge in [0.15, 0.2) is 5.96 Å². The summed E-state index contributed by atoms with van der Waals surface area (Å²) >= 11 is 0. The predicted octanol–water partition coefficient (Wildman–Crippen LogP) is 2.92. The van der Waals surface area contributed by atoms with Gasteiger partial charge in [0.05, 0.1) is 13.1 Å². The third-order valence-corrected chi connectivity index (χ3v) is 4.39. The molecule has 0 fully saturated rings. The molecule has 0 heterocycles. The Bertz CT molecular complexity index is 739. The van der Waals surface area contributed by atoms with E-state index < -0.39 is 0 Å². The summed E-state index contributed by atoms with van der Waals surface area (Å²) in [6.07, 6.45) is 0. The smallest absolute Gasteiger partial charge is 0.241 e. The van der Waals surface area contributed by atoms with Gasteiger partial charge in [0.2, 0.25) is 5.91 Å². The molecule has 1 unspecified atom stereocenters. The van der Waals surface area contributed by atoms with E-state index in [0.29, 0.717) is 18.4 Å². The number of aryl methyl sites for hydroxylation is 1. The van der Waals surface area contributed by atoms with Gasteiger partial charge in [-0.2, -0.15) is 0 Å². The van der Waals surface area contributed by atoms with Crippen molar-refractivity contribution in [1.29, 1.82) is 0 Å². The molecule has 0 radical (unpaired) electrons. The first-order chi connectivity index (χ1) is 13.0. The van der Waals surface area contributed by atoms with Gasteiger partial charge in [-0.25, -0.2) is 4.99 Å². The maximum atomic E-state index is 11.9. The molecule has 5 heteroatoms. The summed E-state index contributed by atoms with van der Waals surface area (Å²) < 4.78 is 0. The minimum atomic E-state index is 0.00999. The normalized spacial score (nSPS) is 12.4. The lowest BCUT2D eigenvalue weighted by Gasteiger charge is -2.18. The maximum absolute atomic E-state index is 11.9. The summed E-state index contributed by atoms with van der Waals surface area (Å²) in [6, 6.07) is 18.7. The minimum absolute atomic E-state index is 0.00999. The van der Waals surface area contributed by atoms with Gasteiger partial charge >= 0.3 is 0 Å². The SMILES string of the molecule is Cc1ccc(C(C)CNC(=NCc2ccccc2)NCC(=O)N(C)C)cc1. The fraction of sp³-hybridized carbons (Fsp3) is 0.364. The first-order valence-electron chi connectivity index (χ1n) is 9.28.